The largest absolute Gasteiger partial charge is 0.324 e. The minimum Gasteiger partial charge on any atom is -0.324 e. The summed E-state index contributed by atoms with van der Waals surface area (Å²) < 4.78 is 1.89. The molecule has 0 saturated heterocycles. The van der Waals surface area contributed by atoms with Crippen LogP contribution in [0.15, 0.2) is 6.20 Å². The smallest absolute Gasteiger partial charge is 0.0669 e. The molecular formula is C14H25N3. The fourth-order valence-corrected chi connectivity index (χ4v) is 3.01. The first kappa shape index (κ1) is 12.6. The molecule has 0 bridgehead atoms. The maximum atomic E-state index is 6.31. The van der Waals surface area contributed by atoms with E-state index < -0.39 is 0 Å². The summed E-state index contributed by atoms with van der Waals surface area (Å²) in [7, 11) is 1.98. The number of hydrogen-bond acceptors (Lipinski definition) is 2. The van der Waals surface area contributed by atoms with Crippen molar-refractivity contribution in [2.75, 3.05) is 0 Å². The Balaban J connectivity index is 1.91. The number of rotatable bonds is 5. The van der Waals surface area contributed by atoms with Crippen molar-refractivity contribution in [3.05, 3.63) is 17.5 Å². The quantitative estimate of drug-likeness (QED) is 0.852. The molecule has 0 aromatic carbocycles. The molecule has 1 atom stereocenters. The molecular weight excluding hydrogens is 210 g/mol. The number of nitrogens with zero attached hydrogens (tertiary/aromatic N) is 2. The minimum atomic E-state index is 0.180. The number of hydrogen-bond donors (Lipinski definition) is 1. The van der Waals surface area contributed by atoms with Crippen LogP contribution in [0, 0.1) is 5.92 Å². The van der Waals surface area contributed by atoms with Crippen LogP contribution >= 0.6 is 0 Å². The molecule has 0 aliphatic heterocycles. The van der Waals surface area contributed by atoms with Crippen LogP contribution in [0.3, 0.4) is 0 Å². The lowest BCUT2D eigenvalue weighted by molar-refractivity contribution is 0.453. The third kappa shape index (κ3) is 3.09. The monoisotopic (exact) mass is 235 g/mol. The van der Waals surface area contributed by atoms with Crippen LogP contribution in [-0.2, 0) is 13.5 Å². The molecule has 1 aliphatic carbocycles. The van der Waals surface area contributed by atoms with E-state index >= 15 is 0 Å². The standard InChI is InChI=1S/C14H25N3/c1-3-14-12(10-17(2)16-14)13(15)9-8-11-6-4-5-7-11/h10-11,13H,3-9,15H2,1-2H3. The van der Waals surface area contributed by atoms with Gasteiger partial charge in [0.1, 0.15) is 0 Å². The highest BCUT2D eigenvalue weighted by atomic mass is 15.3. The second-order valence-corrected chi connectivity index (χ2v) is 5.39. The number of aromatic nitrogens is 2. The molecule has 0 radical (unpaired) electrons. The summed E-state index contributed by atoms with van der Waals surface area (Å²) in [6.07, 6.45) is 11.2. The third-order valence-corrected chi connectivity index (χ3v) is 4.03. The average molecular weight is 235 g/mol. The van der Waals surface area contributed by atoms with Crippen LogP contribution in [0.1, 0.15) is 62.7 Å². The lowest BCUT2D eigenvalue weighted by Gasteiger charge is -2.14. The Labute approximate surface area is 104 Å². The zero-order valence-electron chi connectivity index (χ0n) is 11.2. The fraction of sp³-hybridized carbons (Fsp3) is 0.786. The second-order valence-electron chi connectivity index (χ2n) is 5.39. The van der Waals surface area contributed by atoms with E-state index in [1.165, 1.54) is 43.4 Å². The summed E-state index contributed by atoms with van der Waals surface area (Å²) in [6, 6.07) is 0.180. The van der Waals surface area contributed by atoms with E-state index in [0.29, 0.717) is 0 Å². The Morgan fingerprint density at radius 3 is 2.82 bits per heavy atom. The van der Waals surface area contributed by atoms with Gasteiger partial charge in [0.05, 0.1) is 5.69 Å². The van der Waals surface area contributed by atoms with E-state index in [9.17, 15) is 0 Å². The molecule has 1 aromatic heterocycles. The number of nitrogens with two attached hydrogens (primary N) is 1. The summed E-state index contributed by atoms with van der Waals surface area (Å²) in [5.74, 6) is 0.933. The van der Waals surface area contributed by atoms with Crippen LogP contribution in [0.2, 0.25) is 0 Å². The molecule has 1 aliphatic rings. The van der Waals surface area contributed by atoms with Crippen LogP contribution in [0.25, 0.3) is 0 Å². The second kappa shape index (κ2) is 5.67. The van der Waals surface area contributed by atoms with Gasteiger partial charge in [0.25, 0.3) is 0 Å². The maximum absolute atomic E-state index is 6.31. The SMILES string of the molecule is CCc1nn(C)cc1C(N)CCC1CCCC1. The van der Waals surface area contributed by atoms with Gasteiger partial charge in [-0.15, -0.1) is 0 Å². The van der Waals surface area contributed by atoms with Crippen molar-refractivity contribution in [1.82, 2.24) is 9.78 Å². The van der Waals surface area contributed by atoms with Crippen LogP contribution in [-0.4, -0.2) is 9.78 Å². The fourth-order valence-electron chi connectivity index (χ4n) is 3.01. The summed E-state index contributed by atoms with van der Waals surface area (Å²) in [5, 5.41) is 4.47. The highest BCUT2D eigenvalue weighted by Gasteiger charge is 2.18. The molecule has 1 fully saturated rings. The van der Waals surface area contributed by atoms with Crippen molar-refractivity contribution < 1.29 is 0 Å². The maximum Gasteiger partial charge on any atom is 0.0669 e. The van der Waals surface area contributed by atoms with Crippen LogP contribution < -0.4 is 5.73 Å². The first-order chi connectivity index (χ1) is 8.20. The van der Waals surface area contributed by atoms with Gasteiger partial charge >= 0.3 is 0 Å². The van der Waals surface area contributed by atoms with Crippen LogP contribution in [0.5, 0.6) is 0 Å². The summed E-state index contributed by atoms with van der Waals surface area (Å²) in [5.41, 5.74) is 8.74. The highest BCUT2D eigenvalue weighted by molar-refractivity contribution is 5.20. The predicted octanol–water partition coefficient (Wildman–Crippen LogP) is 2.95. The first-order valence-electron chi connectivity index (χ1n) is 6.98. The van der Waals surface area contributed by atoms with E-state index in [1.54, 1.807) is 0 Å². The molecule has 17 heavy (non-hydrogen) atoms. The molecule has 3 nitrogen and oxygen atoms in total. The van der Waals surface area contributed by atoms with Gasteiger partial charge in [-0.2, -0.15) is 5.10 Å². The summed E-state index contributed by atoms with van der Waals surface area (Å²) >= 11 is 0. The van der Waals surface area contributed by atoms with Gasteiger partial charge in [0, 0.05) is 24.8 Å². The molecule has 1 heterocycles. The predicted molar refractivity (Wildman–Crippen MR) is 70.7 cm³/mol. The van der Waals surface area contributed by atoms with Gasteiger partial charge in [-0.05, 0) is 25.2 Å². The highest BCUT2D eigenvalue weighted by Crippen LogP contribution is 2.31. The van der Waals surface area contributed by atoms with E-state index in [-0.39, 0.29) is 6.04 Å². The number of aryl methyl sites for hydroxylation is 2. The van der Waals surface area contributed by atoms with E-state index in [0.717, 1.165) is 18.8 Å². The molecule has 1 unspecified atom stereocenters. The molecule has 1 saturated carbocycles. The Morgan fingerprint density at radius 2 is 2.18 bits per heavy atom. The van der Waals surface area contributed by atoms with Gasteiger partial charge < -0.3 is 5.73 Å². The van der Waals surface area contributed by atoms with Crippen molar-refractivity contribution in [3.63, 3.8) is 0 Å². The van der Waals surface area contributed by atoms with E-state index in [4.69, 9.17) is 5.73 Å². The van der Waals surface area contributed by atoms with Crippen molar-refractivity contribution in [3.8, 4) is 0 Å². The zero-order valence-corrected chi connectivity index (χ0v) is 11.2. The molecule has 3 heteroatoms. The molecule has 2 N–H and O–H groups in total. The van der Waals surface area contributed by atoms with E-state index in [2.05, 4.69) is 18.2 Å². The Kier molecular flexibility index (Phi) is 4.21. The normalized spacial score (nSPS) is 18.8. The Hall–Kier alpha value is -0.830. The molecule has 96 valence electrons. The van der Waals surface area contributed by atoms with Crippen molar-refractivity contribution in [2.24, 2.45) is 18.7 Å². The Bertz CT molecular complexity index is 350. The lowest BCUT2D eigenvalue weighted by atomic mass is 9.95. The Morgan fingerprint density at radius 1 is 1.47 bits per heavy atom. The minimum absolute atomic E-state index is 0.180. The molecule has 1 aromatic rings. The van der Waals surface area contributed by atoms with Crippen molar-refractivity contribution in [2.45, 2.75) is 57.9 Å². The van der Waals surface area contributed by atoms with Gasteiger partial charge in [-0.1, -0.05) is 32.6 Å². The summed E-state index contributed by atoms with van der Waals surface area (Å²) in [4.78, 5) is 0. The molecule has 2 rings (SSSR count). The van der Waals surface area contributed by atoms with Gasteiger partial charge in [0.2, 0.25) is 0 Å². The average Bonchev–Trinajstić information content (AvgIpc) is 2.94. The van der Waals surface area contributed by atoms with Gasteiger partial charge in [0.15, 0.2) is 0 Å². The van der Waals surface area contributed by atoms with Crippen molar-refractivity contribution in [1.29, 1.82) is 0 Å². The topological polar surface area (TPSA) is 43.8 Å². The van der Waals surface area contributed by atoms with Crippen molar-refractivity contribution >= 4 is 0 Å². The summed E-state index contributed by atoms with van der Waals surface area (Å²) in [6.45, 7) is 2.15. The lowest BCUT2D eigenvalue weighted by Crippen LogP contribution is -2.13. The molecule has 0 spiro atoms. The zero-order chi connectivity index (χ0) is 12.3. The third-order valence-electron chi connectivity index (χ3n) is 4.03. The molecule has 0 amide bonds. The van der Waals surface area contributed by atoms with E-state index in [1.807, 2.05) is 11.7 Å². The first-order valence-corrected chi connectivity index (χ1v) is 6.98. The van der Waals surface area contributed by atoms with Gasteiger partial charge in [-0.3, -0.25) is 4.68 Å². The van der Waals surface area contributed by atoms with Gasteiger partial charge in [-0.25, -0.2) is 0 Å². The van der Waals surface area contributed by atoms with Crippen LogP contribution in [0.4, 0.5) is 0 Å².